The van der Waals surface area contributed by atoms with E-state index >= 15 is 0 Å². The van der Waals surface area contributed by atoms with Crippen LogP contribution in [0, 0.1) is 5.82 Å². The summed E-state index contributed by atoms with van der Waals surface area (Å²) in [5, 5.41) is 0. The highest BCUT2D eigenvalue weighted by Crippen LogP contribution is 2.26. The molecule has 21 heavy (non-hydrogen) atoms. The minimum atomic E-state index is -0.226. The molecule has 2 unspecified atom stereocenters. The average Bonchev–Trinajstić information content (AvgIpc) is 2.51. The van der Waals surface area contributed by atoms with Gasteiger partial charge in [0.15, 0.2) is 0 Å². The lowest BCUT2D eigenvalue weighted by Gasteiger charge is -2.41. The SMILES string of the molecule is CCC(C)N1CCN(C(CN)c2ccc(F)c(Br)c2)CC1. The number of piperazine rings is 1. The number of nitrogens with zero attached hydrogens (tertiary/aromatic N) is 2. The number of halogens is 2. The summed E-state index contributed by atoms with van der Waals surface area (Å²) in [6.07, 6.45) is 1.19. The second-order valence-electron chi connectivity index (χ2n) is 5.75. The number of hydrogen-bond acceptors (Lipinski definition) is 3. The second-order valence-corrected chi connectivity index (χ2v) is 6.61. The largest absolute Gasteiger partial charge is 0.329 e. The van der Waals surface area contributed by atoms with Gasteiger partial charge in [0.2, 0.25) is 0 Å². The van der Waals surface area contributed by atoms with Gasteiger partial charge < -0.3 is 5.73 Å². The van der Waals surface area contributed by atoms with Crippen LogP contribution in [0.1, 0.15) is 31.9 Å². The van der Waals surface area contributed by atoms with Crippen molar-refractivity contribution in [3.63, 3.8) is 0 Å². The van der Waals surface area contributed by atoms with Crippen LogP contribution >= 0.6 is 15.9 Å². The zero-order chi connectivity index (χ0) is 15.4. The molecule has 1 heterocycles. The zero-order valence-corrected chi connectivity index (χ0v) is 14.4. The van der Waals surface area contributed by atoms with Crippen LogP contribution in [-0.2, 0) is 0 Å². The third-order valence-corrected chi connectivity index (χ3v) is 5.16. The summed E-state index contributed by atoms with van der Waals surface area (Å²) in [5.41, 5.74) is 7.07. The normalized spacial score (nSPS) is 20.4. The fraction of sp³-hybridized carbons (Fsp3) is 0.625. The third-order valence-electron chi connectivity index (χ3n) is 4.56. The molecule has 5 heteroatoms. The summed E-state index contributed by atoms with van der Waals surface area (Å²) >= 11 is 3.26. The summed E-state index contributed by atoms with van der Waals surface area (Å²) in [4.78, 5) is 4.95. The van der Waals surface area contributed by atoms with Crippen LogP contribution < -0.4 is 5.73 Å². The van der Waals surface area contributed by atoms with Gasteiger partial charge in [-0.1, -0.05) is 13.0 Å². The Morgan fingerprint density at radius 1 is 1.24 bits per heavy atom. The molecule has 118 valence electrons. The fourth-order valence-corrected chi connectivity index (χ4v) is 3.36. The summed E-state index contributed by atoms with van der Waals surface area (Å²) in [6, 6.07) is 6.02. The average molecular weight is 358 g/mol. The zero-order valence-electron chi connectivity index (χ0n) is 12.9. The minimum Gasteiger partial charge on any atom is -0.329 e. The van der Waals surface area contributed by atoms with Crippen molar-refractivity contribution < 1.29 is 4.39 Å². The van der Waals surface area contributed by atoms with Crippen molar-refractivity contribution in [2.24, 2.45) is 5.73 Å². The first-order valence-electron chi connectivity index (χ1n) is 7.70. The van der Waals surface area contributed by atoms with Gasteiger partial charge in [0, 0.05) is 44.8 Å². The van der Waals surface area contributed by atoms with Gasteiger partial charge in [0.1, 0.15) is 5.82 Å². The molecular weight excluding hydrogens is 333 g/mol. The van der Waals surface area contributed by atoms with Crippen molar-refractivity contribution in [1.29, 1.82) is 0 Å². The van der Waals surface area contributed by atoms with E-state index in [0.29, 0.717) is 17.1 Å². The first-order valence-corrected chi connectivity index (χ1v) is 8.49. The highest BCUT2D eigenvalue weighted by Gasteiger charge is 2.26. The topological polar surface area (TPSA) is 32.5 Å². The molecule has 2 rings (SSSR count). The molecule has 1 aliphatic rings. The molecule has 0 aromatic heterocycles. The van der Waals surface area contributed by atoms with Crippen molar-refractivity contribution in [3.05, 3.63) is 34.1 Å². The summed E-state index contributed by atoms with van der Waals surface area (Å²) < 4.78 is 13.9. The van der Waals surface area contributed by atoms with E-state index in [9.17, 15) is 4.39 Å². The molecule has 1 aliphatic heterocycles. The molecule has 1 aromatic carbocycles. The predicted octanol–water partition coefficient (Wildman–Crippen LogP) is 3.00. The second kappa shape index (κ2) is 7.68. The number of nitrogens with two attached hydrogens (primary N) is 1. The van der Waals surface area contributed by atoms with E-state index in [-0.39, 0.29) is 11.9 Å². The lowest BCUT2D eigenvalue weighted by atomic mass is 10.0. The summed E-state index contributed by atoms with van der Waals surface area (Å²) in [5.74, 6) is -0.226. The number of hydrogen-bond donors (Lipinski definition) is 1. The Bertz CT molecular complexity index is 461. The number of benzene rings is 1. The van der Waals surface area contributed by atoms with Gasteiger partial charge >= 0.3 is 0 Å². The standard InChI is InChI=1S/C16H25BrFN3/c1-3-12(2)20-6-8-21(9-7-20)16(11-19)13-4-5-15(18)14(17)10-13/h4-5,10,12,16H,3,6-9,11,19H2,1-2H3. The molecule has 3 nitrogen and oxygen atoms in total. The van der Waals surface area contributed by atoms with E-state index in [1.807, 2.05) is 12.1 Å². The fourth-order valence-electron chi connectivity index (χ4n) is 2.96. The van der Waals surface area contributed by atoms with E-state index in [1.165, 1.54) is 12.5 Å². The van der Waals surface area contributed by atoms with E-state index in [0.717, 1.165) is 31.7 Å². The van der Waals surface area contributed by atoms with Crippen LogP contribution in [0.5, 0.6) is 0 Å². The van der Waals surface area contributed by atoms with Crippen molar-refractivity contribution >= 4 is 15.9 Å². The molecule has 2 atom stereocenters. The Hall–Kier alpha value is -0.490. The molecule has 0 aliphatic carbocycles. The Kier molecular flexibility index (Phi) is 6.17. The minimum absolute atomic E-state index is 0.168. The summed E-state index contributed by atoms with van der Waals surface area (Å²) in [7, 11) is 0. The van der Waals surface area contributed by atoms with Gasteiger partial charge in [-0.25, -0.2) is 4.39 Å². The Labute approximate surface area is 135 Å². The van der Waals surface area contributed by atoms with Gasteiger partial charge in [-0.05, 0) is 47.0 Å². The lowest BCUT2D eigenvalue weighted by molar-refractivity contribution is 0.0743. The number of rotatable bonds is 5. The van der Waals surface area contributed by atoms with Crippen molar-refractivity contribution in [1.82, 2.24) is 9.80 Å². The van der Waals surface area contributed by atoms with Crippen LogP contribution in [0.15, 0.2) is 22.7 Å². The van der Waals surface area contributed by atoms with E-state index < -0.39 is 0 Å². The highest BCUT2D eigenvalue weighted by molar-refractivity contribution is 9.10. The van der Waals surface area contributed by atoms with Crippen molar-refractivity contribution in [3.8, 4) is 0 Å². The first kappa shape index (κ1) is 16.9. The smallest absolute Gasteiger partial charge is 0.137 e. The molecule has 0 bridgehead atoms. The van der Waals surface area contributed by atoms with Gasteiger partial charge in [0.25, 0.3) is 0 Å². The molecule has 0 saturated carbocycles. The van der Waals surface area contributed by atoms with Crippen LogP contribution in [0.4, 0.5) is 4.39 Å². The van der Waals surface area contributed by atoms with Crippen molar-refractivity contribution in [2.75, 3.05) is 32.7 Å². The maximum atomic E-state index is 13.4. The predicted molar refractivity (Wildman–Crippen MR) is 88.8 cm³/mol. The molecule has 1 saturated heterocycles. The molecule has 0 amide bonds. The third kappa shape index (κ3) is 4.03. The van der Waals surface area contributed by atoms with Crippen LogP contribution in [-0.4, -0.2) is 48.6 Å². The molecule has 2 N–H and O–H groups in total. The van der Waals surface area contributed by atoms with E-state index in [4.69, 9.17) is 5.73 Å². The quantitative estimate of drug-likeness (QED) is 0.878. The molecule has 0 spiro atoms. The molecule has 0 radical (unpaired) electrons. The van der Waals surface area contributed by atoms with Gasteiger partial charge in [0.05, 0.1) is 4.47 Å². The molecular formula is C16H25BrFN3. The van der Waals surface area contributed by atoms with Gasteiger partial charge in [-0.3, -0.25) is 9.80 Å². The van der Waals surface area contributed by atoms with Crippen molar-refractivity contribution in [2.45, 2.75) is 32.4 Å². The Balaban J connectivity index is 2.04. The van der Waals surface area contributed by atoms with E-state index in [2.05, 4.69) is 39.6 Å². The van der Waals surface area contributed by atoms with Crippen LogP contribution in [0.3, 0.4) is 0 Å². The Morgan fingerprint density at radius 2 is 1.86 bits per heavy atom. The Morgan fingerprint density at radius 3 is 2.38 bits per heavy atom. The molecule has 1 aromatic rings. The first-order chi connectivity index (χ1) is 10.1. The lowest BCUT2D eigenvalue weighted by Crippen LogP contribution is -2.51. The van der Waals surface area contributed by atoms with Crippen LogP contribution in [0.2, 0.25) is 0 Å². The highest BCUT2D eigenvalue weighted by atomic mass is 79.9. The van der Waals surface area contributed by atoms with Crippen LogP contribution in [0.25, 0.3) is 0 Å². The van der Waals surface area contributed by atoms with E-state index in [1.54, 1.807) is 0 Å². The maximum Gasteiger partial charge on any atom is 0.137 e. The monoisotopic (exact) mass is 357 g/mol. The van der Waals surface area contributed by atoms with Gasteiger partial charge in [-0.15, -0.1) is 0 Å². The van der Waals surface area contributed by atoms with Gasteiger partial charge in [-0.2, -0.15) is 0 Å². The molecule has 1 fully saturated rings. The maximum absolute atomic E-state index is 13.4. The summed E-state index contributed by atoms with van der Waals surface area (Å²) in [6.45, 7) is 9.26.